The van der Waals surface area contributed by atoms with Crippen LogP contribution in [0.1, 0.15) is 4.79 Å². The Morgan fingerprint density at radius 1 is 1.42 bits per heavy atom. The molecule has 0 saturated heterocycles. The zero-order chi connectivity index (χ0) is 13.2. The first-order chi connectivity index (χ1) is 9.29. The third kappa shape index (κ3) is 2.23. The summed E-state index contributed by atoms with van der Waals surface area (Å²) in [6.07, 6.45) is 1.70. The Hall–Kier alpha value is -1.82. The Balaban J connectivity index is 1.98. The van der Waals surface area contributed by atoms with Crippen LogP contribution in [0.2, 0.25) is 0 Å². The maximum atomic E-state index is 12.2. The standard InChI is InChI=1S/C13H11FN2O2S/c14-5-6-18-11-4-2-1-3-9(11)10-7-16-12(17)8-19-13(16)15-10/h1-4,7H,5-6,8H2. The number of thioether (sulfide) groups is 1. The summed E-state index contributed by atoms with van der Waals surface area (Å²) in [4.78, 5) is 16.0. The molecular formula is C13H11FN2O2S. The number of benzene rings is 1. The Morgan fingerprint density at radius 3 is 3.05 bits per heavy atom. The van der Waals surface area contributed by atoms with Gasteiger partial charge in [0, 0.05) is 11.8 Å². The zero-order valence-corrected chi connectivity index (χ0v) is 10.8. The molecule has 1 aliphatic rings. The highest BCUT2D eigenvalue weighted by atomic mass is 32.2. The lowest BCUT2D eigenvalue weighted by Gasteiger charge is -2.08. The number of para-hydroxylation sites is 1. The van der Waals surface area contributed by atoms with Crippen LogP contribution in [0.25, 0.3) is 11.3 Å². The Kier molecular flexibility index (Phi) is 3.25. The van der Waals surface area contributed by atoms with E-state index in [0.717, 1.165) is 5.56 Å². The number of ether oxygens (including phenoxy) is 1. The van der Waals surface area contributed by atoms with Crippen LogP contribution in [-0.2, 0) is 0 Å². The van der Waals surface area contributed by atoms with Crippen LogP contribution in [0.4, 0.5) is 4.39 Å². The number of fused-ring (bicyclic) bond motifs is 1. The summed E-state index contributed by atoms with van der Waals surface area (Å²) in [5, 5.41) is 0.695. The molecule has 4 nitrogen and oxygen atoms in total. The quantitative estimate of drug-likeness (QED) is 0.862. The van der Waals surface area contributed by atoms with Gasteiger partial charge in [-0.1, -0.05) is 23.9 Å². The number of halogens is 1. The summed E-state index contributed by atoms with van der Waals surface area (Å²) in [6, 6.07) is 7.29. The lowest BCUT2D eigenvalue weighted by molar-refractivity contribution is 0.0939. The summed E-state index contributed by atoms with van der Waals surface area (Å²) in [7, 11) is 0. The van der Waals surface area contributed by atoms with Gasteiger partial charge in [-0.05, 0) is 12.1 Å². The van der Waals surface area contributed by atoms with E-state index in [1.807, 2.05) is 18.2 Å². The van der Waals surface area contributed by atoms with Crippen molar-refractivity contribution < 1.29 is 13.9 Å². The average molecular weight is 278 g/mol. The van der Waals surface area contributed by atoms with Crippen molar-refractivity contribution in [3.63, 3.8) is 0 Å². The minimum Gasteiger partial charge on any atom is -0.490 e. The van der Waals surface area contributed by atoms with Crippen molar-refractivity contribution in [1.82, 2.24) is 9.55 Å². The molecule has 1 aromatic heterocycles. The molecular weight excluding hydrogens is 267 g/mol. The summed E-state index contributed by atoms with van der Waals surface area (Å²) in [6.45, 7) is -0.527. The molecule has 1 aromatic carbocycles. The number of imidazole rings is 1. The number of carbonyl (C=O) groups is 1. The van der Waals surface area contributed by atoms with Crippen LogP contribution in [0.3, 0.4) is 0 Å². The molecule has 0 aliphatic carbocycles. The highest BCUT2D eigenvalue weighted by Gasteiger charge is 2.23. The number of alkyl halides is 1. The second-order valence-electron chi connectivity index (χ2n) is 3.99. The third-order valence-electron chi connectivity index (χ3n) is 2.76. The Bertz CT molecular complexity index is 627. The molecule has 3 rings (SSSR count). The monoisotopic (exact) mass is 278 g/mol. The number of rotatable bonds is 4. The van der Waals surface area contributed by atoms with Gasteiger partial charge in [-0.25, -0.2) is 9.37 Å². The SMILES string of the molecule is O=C1CSc2nc(-c3ccccc3OCCF)cn21. The van der Waals surface area contributed by atoms with E-state index in [1.165, 1.54) is 11.8 Å². The largest absolute Gasteiger partial charge is 0.490 e. The topological polar surface area (TPSA) is 44.1 Å². The molecule has 0 N–H and O–H groups in total. The van der Waals surface area contributed by atoms with Crippen molar-refractivity contribution in [1.29, 1.82) is 0 Å². The molecule has 2 aromatic rings. The van der Waals surface area contributed by atoms with Crippen molar-refractivity contribution in [3.8, 4) is 17.0 Å². The fraction of sp³-hybridized carbons (Fsp3) is 0.231. The van der Waals surface area contributed by atoms with E-state index in [0.29, 0.717) is 22.4 Å². The molecule has 0 bridgehead atoms. The Morgan fingerprint density at radius 2 is 2.26 bits per heavy atom. The van der Waals surface area contributed by atoms with Crippen molar-refractivity contribution in [2.24, 2.45) is 0 Å². The first kappa shape index (κ1) is 12.2. The number of carbonyl (C=O) groups excluding carboxylic acids is 1. The van der Waals surface area contributed by atoms with Gasteiger partial charge >= 0.3 is 0 Å². The van der Waals surface area contributed by atoms with Crippen molar-refractivity contribution in [2.75, 3.05) is 19.0 Å². The predicted octanol–water partition coefficient (Wildman–Crippen LogP) is 2.64. The number of nitrogens with zero attached hydrogens (tertiary/aromatic N) is 2. The van der Waals surface area contributed by atoms with E-state index >= 15 is 0 Å². The average Bonchev–Trinajstić information content (AvgIpc) is 2.99. The van der Waals surface area contributed by atoms with Crippen molar-refractivity contribution in [2.45, 2.75) is 5.16 Å². The summed E-state index contributed by atoms with van der Waals surface area (Å²) in [5.41, 5.74) is 1.44. The third-order valence-corrected chi connectivity index (χ3v) is 3.70. The second-order valence-corrected chi connectivity index (χ2v) is 4.94. The van der Waals surface area contributed by atoms with E-state index in [1.54, 1.807) is 16.8 Å². The molecule has 6 heteroatoms. The smallest absolute Gasteiger partial charge is 0.243 e. The summed E-state index contributed by atoms with van der Waals surface area (Å²) < 4.78 is 19.1. The molecule has 0 fully saturated rings. The van der Waals surface area contributed by atoms with Gasteiger partial charge < -0.3 is 4.74 Å². The molecule has 0 atom stereocenters. The van der Waals surface area contributed by atoms with Crippen LogP contribution in [0.5, 0.6) is 5.75 Å². The molecule has 0 radical (unpaired) electrons. The number of hydrogen-bond acceptors (Lipinski definition) is 4. The maximum absolute atomic E-state index is 12.2. The van der Waals surface area contributed by atoms with Gasteiger partial charge in [-0.2, -0.15) is 0 Å². The van der Waals surface area contributed by atoms with Gasteiger partial charge in [0.2, 0.25) is 5.91 Å². The summed E-state index contributed by atoms with van der Waals surface area (Å²) in [5.74, 6) is 1.04. The molecule has 0 amide bonds. The van der Waals surface area contributed by atoms with E-state index in [9.17, 15) is 9.18 Å². The van der Waals surface area contributed by atoms with E-state index in [2.05, 4.69) is 4.98 Å². The summed E-state index contributed by atoms with van der Waals surface area (Å²) >= 11 is 1.42. The fourth-order valence-corrected chi connectivity index (χ4v) is 2.77. The minimum absolute atomic E-state index is 0.0122. The van der Waals surface area contributed by atoms with Crippen LogP contribution >= 0.6 is 11.8 Å². The van der Waals surface area contributed by atoms with Gasteiger partial charge in [-0.15, -0.1) is 0 Å². The van der Waals surface area contributed by atoms with Crippen molar-refractivity contribution >= 4 is 17.7 Å². The van der Waals surface area contributed by atoms with Gasteiger partial charge in [0.15, 0.2) is 5.16 Å². The number of aromatic nitrogens is 2. The van der Waals surface area contributed by atoms with Crippen LogP contribution in [0, 0.1) is 0 Å². The van der Waals surface area contributed by atoms with Gasteiger partial charge in [0.25, 0.3) is 0 Å². The van der Waals surface area contributed by atoms with E-state index < -0.39 is 6.67 Å². The minimum atomic E-state index is -0.539. The maximum Gasteiger partial charge on any atom is 0.243 e. The molecule has 0 spiro atoms. The highest BCUT2D eigenvalue weighted by Crippen LogP contribution is 2.33. The number of hydrogen-bond donors (Lipinski definition) is 0. The van der Waals surface area contributed by atoms with Gasteiger partial charge in [0.05, 0.1) is 11.4 Å². The highest BCUT2D eigenvalue weighted by molar-refractivity contribution is 8.00. The van der Waals surface area contributed by atoms with Crippen LogP contribution in [0.15, 0.2) is 35.6 Å². The Labute approximate surface area is 113 Å². The fourth-order valence-electron chi connectivity index (χ4n) is 1.92. The van der Waals surface area contributed by atoms with Crippen LogP contribution in [-0.4, -0.2) is 34.5 Å². The molecule has 2 heterocycles. The normalized spacial score (nSPS) is 13.6. The molecule has 0 unspecified atom stereocenters. The van der Waals surface area contributed by atoms with Crippen molar-refractivity contribution in [3.05, 3.63) is 30.5 Å². The zero-order valence-electron chi connectivity index (χ0n) is 10.0. The second kappa shape index (κ2) is 5.05. The molecule has 1 aliphatic heterocycles. The predicted molar refractivity (Wildman–Crippen MR) is 70.5 cm³/mol. The lowest BCUT2D eigenvalue weighted by atomic mass is 10.1. The van der Waals surface area contributed by atoms with E-state index in [-0.39, 0.29) is 12.5 Å². The van der Waals surface area contributed by atoms with Gasteiger partial charge in [-0.3, -0.25) is 9.36 Å². The lowest BCUT2D eigenvalue weighted by Crippen LogP contribution is -2.04. The molecule has 98 valence electrons. The first-order valence-electron chi connectivity index (χ1n) is 5.83. The first-order valence-corrected chi connectivity index (χ1v) is 6.81. The van der Waals surface area contributed by atoms with Gasteiger partial charge in [0.1, 0.15) is 19.0 Å². The van der Waals surface area contributed by atoms with Crippen LogP contribution < -0.4 is 4.74 Å². The molecule has 0 saturated carbocycles. The molecule has 19 heavy (non-hydrogen) atoms. The van der Waals surface area contributed by atoms with E-state index in [4.69, 9.17) is 4.74 Å².